The Morgan fingerprint density at radius 1 is 1.11 bits per heavy atom. The number of carboxylic acid groups (broad SMARTS) is 1. The molecule has 1 rings (SSSR count). The number of carbonyl (C=O) groups is 2. The Kier molecular flexibility index (Phi) is 7.53. The summed E-state index contributed by atoms with van der Waals surface area (Å²) in [6.45, 7) is 2.45. The lowest BCUT2D eigenvalue weighted by molar-refractivity contribution is -0.139. The number of aliphatic carboxylic acids is 1. The first-order valence-electron chi connectivity index (χ1n) is 7.66. The molecule has 0 aromatic rings. The van der Waals surface area contributed by atoms with Gasteiger partial charge in [-0.3, -0.25) is 9.59 Å². The fourth-order valence-corrected chi connectivity index (χ4v) is 2.77. The third-order valence-corrected chi connectivity index (χ3v) is 3.90. The second-order valence-corrected chi connectivity index (χ2v) is 5.48. The fourth-order valence-electron chi connectivity index (χ4n) is 2.77. The van der Waals surface area contributed by atoms with Gasteiger partial charge in [-0.25, -0.2) is 0 Å². The van der Waals surface area contributed by atoms with E-state index in [4.69, 9.17) is 5.11 Å². The van der Waals surface area contributed by atoms with Crippen LogP contribution in [-0.4, -0.2) is 34.5 Å². The van der Waals surface area contributed by atoms with Gasteiger partial charge in [-0.1, -0.05) is 39.0 Å². The van der Waals surface area contributed by atoms with Gasteiger partial charge in [-0.2, -0.15) is 0 Å². The molecule has 0 aromatic carbocycles. The summed E-state index contributed by atoms with van der Waals surface area (Å²) in [7, 11) is 0. The first-order chi connectivity index (χ1) is 9.15. The minimum absolute atomic E-state index is 0.0639. The van der Waals surface area contributed by atoms with Crippen molar-refractivity contribution in [3.8, 4) is 0 Å². The van der Waals surface area contributed by atoms with Crippen molar-refractivity contribution in [3.05, 3.63) is 0 Å². The zero-order valence-corrected chi connectivity index (χ0v) is 12.1. The van der Waals surface area contributed by atoms with Crippen LogP contribution in [0.15, 0.2) is 0 Å². The largest absolute Gasteiger partial charge is 0.481 e. The highest BCUT2D eigenvalue weighted by molar-refractivity contribution is 5.77. The van der Waals surface area contributed by atoms with E-state index in [1.54, 1.807) is 0 Å². The molecule has 0 saturated heterocycles. The van der Waals surface area contributed by atoms with Gasteiger partial charge < -0.3 is 10.0 Å². The van der Waals surface area contributed by atoms with Crippen LogP contribution in [0.25, 0.3) is 0 Å². The molecular weight excluding hydrogens is 242 g/mol. The van der Waals surface area contributed by atoms with Crippen molar-refractivity contribution < 1.29 is 14.7 Å². The molecule has 0 bridgehead atoms. The molecule has 0 heterocycles. The minimum atomic E-state index is -0.818. The van der Waals surface area contributed by atoms with Crippen molar-refractivity contribution in [2.24, 2.45) is 0 Å². The SMILES string of the molecule is CCCCC(=O)N(CCC(=O)O)C1CCCCCC1. The molecule has 19 heavy (non-hydrogen) atoms. The van der Waals surface area contributed by atoms with Crippen molar-refractivity contribution >= 4 is 11.9 Å². The van der Waals surface area contributed by atoms with Gasteiger partial charge in [-0.05, 0) is 19.3 Å². The van der Waals surface area contributed by atoms with E-state index in [-0.39, 0.29) is 18.4 Å². The summed E-state index contributed by atoms with van der Waals surface area (Å²) in [6, 6.07) is 0.270. The highest BCUT2D eigenvalue weighted by Gasteiger charge is 2.24. The van der Waals surface area contributed by atoms with Crippen LogP contribution < -0.4 is 0 Å². The predicted octanol–water partition coefficient (Wildman–Crippen LogP) is 3.20. The molecule has 0 radical (unpaired) electrons. The van der Waals surface area contributed by atoms with E-state index in [1.165, 1.54) is 12.8 Å². The van der Waals surface area contributed by atoms with Gasteiger partial charge in [0.25, 0.3) is 0 Å². The number of hydrogen-bond donors (Lipinski definition) is 1. The molecular formula is C15H27NO3. The Morgan fingerprint density at radius 2 is 1.74 bits per heavy atom. The second kappa shape index (κ2) is 8.94. The van der Waals surface area contributed by atoms with Gasteiger partial charge in [0.1, 0.15) is 0 Å². The van der Waals surface area contributed by atoms with E-state index in [9.17, 15) is 9.59 Å². The second-order valence-electron chi connectivity index (χ2n) is 5.48. The zero-order chi connectivity index (χ0) is 14.1. The number of carboxylic acids is 1. The maximum Gasteiger partial charge on any atom is 0.305 e. The Balaban J connectivity index is 2.60. The van der Waals surface area contributed by atoms with Crippen molar-refractivity contribution in [1.82, 2.24) is 4.90 Å². The Hall–Kier alpha value is -1.06. The summed E-state index contributed by atoms with van der Waals surface area (Å²) in [4.78, 5) is 24.9. The topological polar surface area (TPSA) is 57.6 Å². The minimum Gasteiger partial charge on any atom is -0.481 e. The molecule has 1 aliphatic carbocycles. The Bertz CT molecular complexity index is 283. The quantitative estimate of drug-likeness (QED) is 0.722. The van der Waals surface area contributed by atoms with E-state index in [0.717, 1.165) is 38.5 Å². The maximum atomic E-state index is 12.3. The lowest BCUT2D eigenvalue weighted by Gasteiger charge is -2.31. The highest BCUT2D eigenvalue weighted by Crippen LogP contribution is 2.23. The van der Waals surface area contributed by atoms with Crippen LogP contribution in [-0.2, 0) is 9.59 Å². The average Bonchev–Trinajstić information content (AvgIpc) is 2.65. The summed E-state index contributed by atoms with van der Waals surface area (Å²) < 4.78 is 0. The van der Waals surface area contributed by atoms with Gasteiger partial charge >= 0.3 is 5.97 Å². The molecule has 4 nitrogen and oxygen atoms in total. The molecule has 0 unspecified atom stereocenters. The maximum absolute atomic E-state index is 12.3. The van der Waals surface area contributed by atoms with E-state index < -0.39 is 5.97 Å². The van der Waals surface area contributed by atoms with Crippen LogP contribution in [0.5, 0.6) is 0 Å². The van der Waals surface area contributed by atoms with Gasteiger partial charge in [0, 0.05) is 19.0 Å². The smallest absolute Gasteiger partial charge is 0.305 e. The number of hydrogen-bond acceptors (Lipinski definition) is 2. The standard InChI is InChI=1S/C15H27NO3/c1-2-3-10-14(17)16(12-11-15(18)19)13-8-6-4-5-7-9-13/h13H,2-12H2,1H3,(H,18,19). The number of nitrogens with zero attached hydrogens (tertiary/aromatic N) is 1. The van der Waals surface area contributed by atoms with Crippen LogP contribution in [0.3, 0.4) is 0 Å². The molecule has 0 aliphatic heterocycles. The molecule has 1 N–H and O–H groups in total. The van der Waals surface area contributed by atoms with E-state index >= 15 is 0 Å². The zero-order valence-electron chi connectivity index (χ0n) is 12.1. The van der Waals surface area contributed by atoms with Crippen molar-refractivity contribution in [2.75, 3.05) is 6.54 Å². The van der Waals surface area contributed by atoms with Gasteiger partial charge in [-0.15, -0.1) is 0 Å². The Morgan fingerprint density at radius 3 is 2.26 bits per heavy atom. The molecule has 4 heteroatoms. The molecule has 110 valence electrons. The van der Waals surface area contributed by atoms with Crippen LogP contribution in [0.4, 0.5) is 0 Å². The lowest BCUT2D eigenvalue weighted by Crippen LogP contribution is -2.41. The molecule has 1 fully saturated rings. The summed E-state index contributed by atoms with van der Waals surface area (Å²) in [6.07, 6.45) is 9.41. The van der Waals surface area contributed by atoms with Crippen LogP contribution >= 0.6 is 0 Å². The van der Waals surface area contributed by atoms with Gasteiger partial charge in [0.05, 0.1) is 6.42 Å². The van der Waals surface area contributed by atoms with Gasteiger partial charge in [0.15, 0.2) is 0 Å². The van der Waals surface area contributed by atoms with Crippen molar-refractivity contribution in [2.45, 2.75) is 77.2 Å². The summed E-state index contributed by atoms with van der Waals surface area (Å²) in [5.41, 5.74) is 0. The monoisotopic (exact) mass is 269 g/mol. The van der Waals surface area contributed by atoms with E-state index in [1.807, 2.05) is 4.90 Å². The number of unbranched alkanes of at least 4 members (excludes halogenated alkanes) is 1. The first kappa shape index (κ1) is 16.0. The molecule has 1 aliphatic rings. The van der Waals surface area contributed by atoms with Crippen LogP contribution in [0, 0.1) is 0 Å². The Labute approximate surface area is 116 Å². The van der Waals surface area contributed by atoms with Crippen LogP contribution in [0.2, 0.25) is 0 Å². The summed E-state index contributed by atoms with van der Waals surface area (Å²) >= 11 is 0. The number of carbonyl (C=O) groups excluding carboxylic acids is 1. The third-order valence-electron chi connectivity index (χ3n) is 3.90. The molecule has 0 atom stereocenters. The normalized spacial score (nSPS) is 16.9. The third kappa shape index (κ3) is 6.08. The van der Waals surface area contributed by atoms with Gasteiger partial charge in [0.2, 0.25) is 5.91 Å². The lowest BCUT2D eigenvalue weighted by atomic mass is 10.1. The fraction of sp³-hybridized carbons (Fsp3) is 0.867. The average molecular weight is 269 g/mol. The number of rotatable bonds is 7. The van der Waals surface area contributed by atoms with E-state index in [2.05, 4.69) is 6.92 Å². The molecule has 0 spiro atoms. The first-order valence-corrected chi connectivity index (χ1v) is 7.66. The highest BCUT2D eigenvalue weighted by atomic mass is 16.4. The van der Waals surface area contributed by atoms with Crippen molar-refractivity contribution in [3.63, 3.8) is 0 Å². The van der Waals surface area contributed by atoms with Crippen molar-refractivity contribution in [1.29, 1.82) is 0 Å². The summed E-state index contributed by atoms with van der Waals surface area (Å²) in [5, 5.41) is 8.84. The van der Waals surface area contributed by atoms with Crippen LogP contribution in [0.1, 0.15) is 71.1 Å². The molecule has 1 saturated carbocycles. The molecule has 0 aromatic heterocycles. The predicted molar refractivity (Wildman–Crippen MR) is 75.0 cm³/mol. The summed E-state index contributed by atoms with van der Waals surface area (Å²) in [5.74, 6) is -0.670. The van der Waals surface area contributed by atoms with E-state index in [0.29, 0.717) is 13.0 Å². The number of amides is 1. The molecule has 1 amide bonds.